The van der Waals surface area contributed by atoms with Gasteiger partial charge < -0.3 is 4.98 Å². The summed E-state index contributed by atoms with van der Waals surface area (Å²) in [5.41, 5.74) is 11.2. The van der Waals surface area contributed by atoms with Crippen molar-refractivity contribution >= 4 is 10.9 Å². The Morgan fingerprint density at radius 2 is 1.26 bits per heavy atom. The molecule has 0 aliphatic carbocycles. The van der Waals surface area contributed by atoms with E-state index in [0.717, 1.165) is 45.0 Å². The molecule has 0 unspecified atom stereocenters. The Balaban J connectivity index is 1.62. The lowest BCUT2D eigenvalue weighted by atomic mass is 10.0. The van der Waals surface area contributed by atoms with Crippen LogP contribution in [0.15, 0.2) is 109 Å². The van der Waals surface area contributed by atoms with E-state index in [9.17, 15) is 0 Å². The number of H-pyrrole nitrogens is 1. The highest BCUT2D eigenvalue weighted by Crippen LogP contribution is 2.39. The van der Waals surface area contributed by atoms with Gasteiger partial charge >= 0.3 is 0 Å². The maximum atomic E-state index is 5.17. The lowest BCUT2D eigenvalue weighted by Gasteiger charge is -2.07. The van der Waals surface area contributed by atoms with Gasteiger partial charge in [0.2, 0.25) is 0 Å². The standard InChI is InChI=1S/C31H25N3/c1-21-12-16-23(17-13-21)29-20-28(33-34(29)25-8-4-3-5-9-25)30-26-10-6-7-11-27(26)32-31(30)24-18-14-22(2)15-19-24/h3-20,32H,1-2H3. The van der Waals surface area contributed by atoms with Crippen molar-refractivity contribution in [2.45, 2.75) is 13.8 Å². The molecule has 164 valence electrons. The van der Waals surface area contributed by atoms with Gasteiger partial charge in [-0.3, -0.25) is 0 Å². The topological polar surface area (TPSA) is 33.6 Å². The van der Waals surface area contributed by atoms with Crippen LogP contribution >= 0.6 is 0 Å². The average Bonchev–Trinajstić information content (AvgIpc) is 3.47. The Bertz CT molecular complexity index is 1590. The van der Waals surface area contributed by atoms with Gasteiger partial charge in [-0.15, -0.1) is 0 Å². The zero-order valence-corrected chi connectivity index (χ0v) is 19.3. The first-order chi connectivity index (χ1) is 16.7. The van der Waals surface area contributed by atoms with Crippen molar-refractivity contribution in [3.8, 4) is 39.5 Å². The second-order valence-electron chi connectivity index (χ2n) is 8.81. The number of benzene rings is 4. The lowest BCUT2D eigenvalue weighted by molar-refractivity contribution is 0.892. The molecule has 34 heavy (non-hydrogen) atoms. The summed E-state index contributed by atoms with van der Waals surface area (Å²) in [7, 11) is 0. The Kier molecular flexibility index (Phi) is 4.88. The van der Waals surface area contributed by atoms with Crippen LogP contribution in [0.1, 0.15) is 11.1 Å². The van der Waals surface area contributed by atoms with Crippen molar-refractivity contribution in [1.29, 1.82) is 0 Å². The fourth-order valence-corrected chi connectivity index (χ4v) is 4.54. The Labute approximate surface area is 199 Å². The SMILES string of the molecule is Cc1ccc(-c2[nH]c3ccccc3c2-c2cc(-c3ccc(C)cc3)n(-c3ccccc3)n2)cc1. The maximum absolute atomic E-state index is 5.17. The van der Waals surface area contributed by atoms with Crippen LogP contribution < -0.4 is 0 Å². The van der Waals surface area contributed by atoms with E-state index in [0.29, 0.717) is 0 Å². The molecule has 4 aromatic carbocycles. The molecular weight excluding hydrogens is 414 g/mol. The summed E-state index contributed by atoms with van der Waals surface area (Å²) in [6.45, 7) is 4.23. The van der Waals surface area contributed by atoms with E-state index in [1.165, 1.54) is 16.5 Å². The van der Waals surface area contributed by atoms with Crippen LogP contribution in [-0.2, 0) is 0 Å². The number of para-hydroxylation sites is 2. The predicted octanol–water partition coefficient (Wildman–Crippen LogP) is 7.97. The van der Waals surface area contributed by atoms with Gasteiger partial charge in [0.1, 0.15) is 0 Å². The van der Waals surface area contributed by atoms with Crippen LogP contribution in [0.25, 0.3) is 50.4 Å². The first-order valence-corrected chi connectivity index (χ1v) is 11.6. The van der Waals surface area contributed by atoms with Crippen molar-refractivity contribution < 1.29 is 0 Å². The Morgan fingerprint density at radius 1 is 0.647 bits per heavy atom. The van der Waals surface area contributed by atoms with Crippen molar-refractivity contribution in [2.75, 3.05) is 0 Å². The van der Waals surface area contributed by atoms with Gasteiger partial charge in [-0.2, -0.15) is 5.10 Å². The molecule has 0 saturated carbocycles. The van der Waals surface area contributed by atoms with Crippen LogP contribution in [-0.4, -0.2) is 14.8 Å². The molecule has 6 rings (SSSR count). The average molecular weight is 440 g/mol. The molecule has 2 heterocycles. The van der Waals surface area contributed by atoms with Crippen molar-refractivity contribution in [3.05, 3.63) is 120 Å². The third-order valence-electron chi connectivity index (χ3n) is 6.36. The summed E-state index contributed by atoms with van der Waals surface area (Å²) in [5.74, 6) is 0. The number of hydrogen-bond donors (Lipinski definition) is 1. The van der Waals surface area contributed by atoms with E-state index in [-0.39, 0.29) is 0 Å². The van der Waals surface area contributed by atoms with E-state index in [1.54, 1.807) is 0 Å². The first kappa shape index (κ1) is 20.3. The zero-order valence-electron chi connectivity index (χ0n) is 19.3. The second-order valence-corrected chi connectivity index (χ2v) is 8.81. The Morgan fingerprint density at radius 3 is 1.97 bits per heavy atom. The largest absolute Gasteiger partial charge is 0.354 e. The van der Waals surface area contributed by atoms with Crippen molar-refractivity contribution in [3.63, 3.8) is 0 Å². The van der Waals surface area contributed by atoms with Gasteiger partial charge in [0.05, 0.1) is 22.8 Å². The van der Waals surface area contributed by atoms with E-state index < -0.39 is 0 Å². The summed E-state index contributed by atoms with van der Waals surface area (Å²) in [6.07, 6.45) is 0. The molecule has 0 bridgehead atoms. The third-order valence-corrected chi connectivity index (χ3v) is 6.36. The van der Waals surface area contributed by atoms with E-state index in [1.807, 2.05) is 6.07 Å². The number of hydrogen-bond acceptors (Lipinski definition) is 1. The molecule has 0 aliphatic heterocycles. The fourth-order valence-electron chi connectivity index (χ4n) is 4.54. The molecule has 3 nitrogen and oxygen atoms in total. The molecule has 0 saturated heterocycles. The monoisotopic (exact) mass is 439 g/mol. The minimum atomic E-state index is 0.951. The van der Waals surface area contributed by atoms with E-state index in [4.69, 9.17) is 5.10 Å². The summed E-state index contributed by atoms with van der Waals surface area (Å²) in [5, 5.41) is 6.34. The predicted molar refractivity (Wildman–Crippen MR) is 141 cm³/mol. The molecule has 3 heteroatoms. The number of aromatic nitrogens is 3. The molecule has 0 aliphatic rings. The number of rotatable bonds is 4. The summed E-state index contributed by atoms with van der Waals surface area (Å²) >= 11 is 0. The molecule has 0 spiro atoms. The number of aryl methyl sites for hydroxylation is 2. The molecule has 2 aromatic heterocycles. The molecule has 0 fully saturated rings. The third kappa shape index (κ3) is 3.52. The number of aromatic amines is 1. The molecule has 0 radical (unpaired) electrons. The van der Waals surface area contributed by atoms with Crippen LogP contribution in [0, 0.1) is 13.8 Å². The molecule has 6 aromatic rings. The fraction of sp³-hybridized carbons (Fsp3) is 0.0645. The minimum absolute atomic E-state index is 0.951. The Hall–Kier alpha value is -4.37. The van der Waals surface area contributed by atoms with Crippen LogP contribution in [0.3, 0.4) is 0 Å². The number of fused-ring (bicyclic) bond motifs is 1. The van der Waals surface area contributed by atoms with Crippen molar-refractivity contribution in [2.24, 2.45) is 0 Å². The minimum Gasteiger partial charge on any atom is -0.354 e. The van der Waals surface area contributed by atoms with Crippen LogP contribution in [0.2, 0.25) is 0 Å². The molecule has 1 N–H and O–H groups in total. The molecule has 0 amide bonds. The molecule has 0 atom stereocenters. The van der Waals surface area contributed by atoms with E-state index in [2.05, 4.69) is 127 Å². The quantitative estimate of drug-likeness (QED) is 0.297. The lowest BCUT2D eigenvalue weighted by Crippen LogP contribution is -1.99. The summed E-state index contributed by atoms with van der Waals surface area (Å²) in [4.78, 5) is 3.66. The second kappa shape index (κ2) is 8.20. The van der Waals surface area contributed by atoms with Crippen molar-refractivity contribution in [1.82, 2.24) is 14.8 Å². The van der Waals surface area contributed by atoms with Gasteiger partial charge in [0, 0.05) is 22.0 Å². The zero-order chi connectivity index (χ0) is 23.1. The van der Waals surface area contributed by atoms with Gasteiger partial charge in [-0.1, -0.05) is 96.1 Å². The smallest absolute Gasteiger partial charge is 0.0962 e. The van der Waals surface area contributed by atoms with Gasteiger partial charge in [0.25, 0.3) is 0 Å². The van der Waals surface area contributed by atoms with Gasteiger partial charge in [-0.25, -0.2) is 4.68 Å². The van der Waals surface area contributed by atoms with Gasteiger partial charge in [0.15, 0.2) is 0 Å². The summed E-state index contributed by atoms with van der Waals surface area (Å²) in [6, 6.07) is 38.4. The highest BCUT2D eigenvalue weighted by atomic mass is 15.3. The van der Waals surface area contributed by atoms with Crippen LogP contribution in [0.4, 0.5) is 0 Å². The normalized spacial score (nSPS) is 11.2. The highest BCUT2D eigenvalue weighted by Gasteiger charge is 2.20. The first-order valence-electron chi connectivity index (χ1n) is 11.6. The number of nitrogens with one attached hydrogen (secondary N) is 1. The van der Waals surface area contributed by atoms with Crippen LogP contribution in [0.5, 0.6) is 0 Å². The summed E-state index contributed by atoms with van der Waals surface area (Å²) < 4.78 is 2.06. The van der Waals surface area contributed by atoms with Gasteiger partial charge in [-0.05, 0) is 43.7 Å². The molecular formula is C31H25N3. The maximum Gasteiger partial charge on any atom is 0.0962 e. The highest BCUT2D eigenvalue weighted by molar-refractivity contribution is 6.03. The number of nitrogens with zero attached hydrogens (tertiary/aromatic N) is 2. The van der Waals surface area contributed by atoms with E-state index >= 15 is 0 Å².